The summed E-state index contributed by atoms with van der Waals surface area (Å²) in [7, 11) is 0. The molecule has 0 bridgehead atoms. The van der Waals surface area contributed by atoms with E-state index in [1.165, 1.54) is 0 Å². The summed E-state index contributed by atoms with van der Waals surface area (Å²) in [5.41, 5.74) is 0. The van der Waals surface area contributed by atoms with E-state index < -0.39 is 0 Å². The van der Waals surface area contributed by atoms with Crippen molar-refractivity contribution in [3.8, 4) is 5.75 Å². The SMILES string of the molecule is O=C(COc1ccc(Cl)cc1)NC1CCC(NC(=O)C2CCO2)CC1. The molecule has 2 aliphatic rings. The molecule has 1 aromatic rings. The Labute approximate surface area is 152 Å². The van der Waals surface area contributed by atoms with Gasteiger partial charge in [-0.25, -0.2) is 0 Å². The summed E-state index contributed by atoms with van der Waals surface area (Å²) in [4.78, 5) is 23.9. The van der Waals surface area contributed by atoms with Crippen LogP contribution >= 0.6 is 11.6 Å². The van der Waals surface area contributed by atoms with E-state index in [0.29, 0.717) is 17.4 Å². The van der Waals surface area contributed by atoms with Gasteiger partial charge < -0.3 is 20.1 Å². The number of amides is 2. The van der Waals surface area contributed by atoms with Crippen molar-refractivity contribution in [3.63, 3.8) is 0 Å². The van der Waals surface area contributed by atoms with Gasteiger partial charge in [0.05, 0.1) is 6.61 Å². The first-order chi connectivity index (χ1) is 12.1. The lowest BCUT2D eigenvalue weighted by Gasteiger charge is -2.32. The van der Waals surface area contributed by atoms with E-state index in [2.05, 4.69) is 10.6 Å². The largest absolute Gasteiger partial charge is 0.484 e. The van der Waals surface area contributed by atoms with Crippen LogP contribution in [0.2, 0.25) is 5.02 Å². The van der Waals surface area contributed by atoms with E-state index >= 15 is 0 Å². The predicted molar refractivity (Wildman–Crippen MR) is 93.6 cm³/mol. The van der Waals surface area contributed by atoms with Gasteiger partial charge in [0, 0.05) is 23.5 Å². The van der Waals surface area contributed by atoms with Crippen molar-refractivity contribution in [1.29, 1.82) is 0 Å². The summed E-state index contributed by atoms with van der Waals surface area (Å²) in [6.07, 6.45) is 3.97. The number of carbonyl (C=O) groups excluding carboxylic acids is 2. The number of ether oxygens (including phenoxy) is 2. The smallest absolute Gasteiger partial charge is 0.258 e. The third-order valence-electron chi connectivity index (χ3n) is 4.61. The van der Waals surface area contributed by atoms with Gasteiger partial charge in [0.1, 0.15) is 11.9 Å². The Bertz CT molecular complexity index is 596. The third kappa shape index (κ3) is 5.34. The highest BCUT2D eigenvalue weighted by atomic mass is 35.5. The quantitative estimate of drug-likeness (QED) is 0.807. The van der Waals surface area contributed by atoms with Crippen LogP contribution in [0.15, 0.2) is 24.3 Å². The average Bonchev–Trinajstić information content (AvgIpc) is 2.54. The Hall–Kier alpha value is -1.79. The van der Waals surface area contributed by atoms with E-state index in [1.807, 2.05) is 0 Å². The van der Waals surface area contributed by atoms with E-state index in [-0.39, 0.29) is 36.6 Å². The Kier molecular flexibility index (Phi) is 6.15. The zero-order valence-corrected chi connectivity index (χ0v) is 14.8. The fourth-order valence-electron chi connectivity index (χ4n) is 3.07. The zero-order valence-electron chi connectivity index (χ0n) is 14.0. The molecule has 1 aromatic carbocycles. The van der Waals surface area contributed by atoms with Gasteiger partial charge in [-0.05, 0) is 49.9 Å². The van der Waals surface area contributed by atoms with Crippen molar-refractivity contribution in [1.82, 2.24) is 10.6 Å². The van der Waals surface area contributed by atoms with E-state index in [4.69, 9.17) is 21.1 Å². The van der Waals surface area contributed by atoms with Crippen LogP contribution in [0.4, 0.5) is 0 Å². The fourth-order valence-corrected chi connectivity index (χ4v) is 3.19. The molecule has 2 amide bonds. The second-order valence-corrected chi connectivity index (χ2v) is 6.95. The number of nitrogens with one attached hydrogen (secondary N) is 2. The van der Waals surface area contributed by atoms with Crippen molar-refractivity contribution in [2.75, 3.05) is 13.2 Å². The highest BCUT2D eigenvalue weighted by Gasteiger charge is 2.30. The van der Waals surface area contributed by atoms with Crippen LogP contribution in [0.5, 0.6) is 5.75 Å². The highest BCUT2D eigenvalue weighted by Crippen LogP contribution is 2.20. The first-order valence-electron chi connectivity index (χ1n) is 8.70. The molecule has 0 radical (unpaired) electrons. The molecule has 1 heterocycles. The topological polar surface area (TPSA) is 76.7 Å². The van der Waals surface area contributed by atoms with Gasteiger partial charge in [0.15, 0.2) is 6.61 Å². The summed E-state index contributed by atoms with van der Waals surface area (Å²) in [6, 6.07) is 7.22. The van der Waals surface area contributed by atoms with Crippen LogP contribution in [0, 0.1) is 0 Å². The molecular weight excluding hydrogens is 344 g/mol. The number of benzene rings is 1. The molecule has 1 saturated heterocycles. The monoisotopic (exact) mass is 366 g/mol. The maximum absolute atomic E-state index is 12.0. The van der Waals surface area contributed by atoms with Crippen molar-refractivity contribution in [2.24, 2.45) is 0 Å². The minimum Gasteiger partial charge on any atom is -0.484 e. The third-order valence-corrected chi connectivity index (χ3v) is 4.87. The Morgan fingerprint density at radius 1 is 1.04 bits per heavy atom. The summed E-state index contributed by atoms with van der Waals surface area (Å²) in [5.74, 6) is 0.476. The van der Waals surface area contributed by atoms with E-state index in [0.717, 1.165) is 32.1 Å². The normalized spacial score (nSPS) is 25.6. The Morgan fingerprint density at radius 2 is 1.64 bits per heavy atom. The molecule has 0 spiro atoms. The molecule has 0 aromatic heterocycles. The molecule has 6 nitrogen and oxygen atoms in total. The number of hydrogen-bond donors (Lipinski definition) is 2. The minimum absolute atomic E-state index is 0.00454. The molecule has 136 valence electrons. The molecule has 2 fully saturated rings. The minimum atomic E-state index is -0.262. The van der Waals surface area contributed by atoms with Gasteiger partial charge in [-0.3, -0.25) is 9.59 Å². The van der Waals surface area contributed by atoms with Gasteiger partial charge in [0.2, 0.25) is 5.91 Å². The lowest BCUT2D eigenvalue weighted by atomic mass is 9.91. The van der Waals surface area contributed by atoms with Crippen molar-refractivity contribution in [2.45, 2.75) is 50.3 Å². The number of hydrogen-bond acceptors (Lipinski definition) is 4. The summed E-state index contributed by atoms with van der Waals surface area (Å²) < 4.78 is 10.6. The van der Waals surface area contributed by atoms with Crippen molar-refractivity contribution in [3.05, 3.63) is 29.3 Å². The van der Waals surface area contributed by atoms with Crippen LogP contribution in [0.25, 0.3) is 0 Å². The van der Waals surface area contributed by atoms with Crippen molar-refractivity contribution >= 4 is 23.4 Å². The number of carbonyl (C=O) groups is 2. The molecular formula is C18H23ClN2O4. The van der Waals surface area contributed by atoms with Crippen LogP contribution in [0.3, 0.4) is 0 Å². The predicted octanol–water partition coefficient (Wildman–Crippen LogP) is 2.05. The summed E-state index contributed by atoms with van der Waals surface area (Å²) in [5, 5.41) is 6.66. The second kappa shape index (κ2) is 8.54. The zero-order chi connectivity index (χ0) is 17.6. The van der Waals surface area contributed by atoms with E-state index in [9.17, 15) is 9.59 Å². The maximum atomic E-state index is 12.0. The number of rotatable bonds is 6. The molecule has 2 N–H and O–H groups in total. The molecule has 1 aliphatic heterocycles. The lowest BCUT2D eigenvalue weighted by molar-refractivity contribution is -0.146. The standard InChI is InChI=1S/C18H23ClN2O4/c19-12-1-7-15(8-2-12)25-11-17(22)20-13-3-5-14(6-4-13)21-18(23)16-9-10-24-16/h1-2,7-8,13-14,16H,3-6,9-11H2,(H,20,22)(H,21,23). The van der Waals surface area contributed by atoms with E-state index in [1.54, 1.807) is 24.3 Å². The highest BCUT2D eigenvalue weighted by molar-refractivity contribution is 6.30. The van der Waals surface area contributed by atoms with Crippen LogP contribution < -0.4 is 15.4 Å². The Balaban J connectivity index is 1.33. The first-order valence-corrected chi connectivity index (χ1v) is 9.07. The van der Waals surface area contributed by atoms with Crippen LogP contribution in [0.1, 0.15) is 32.1 Å². The van der Waals surface area contributed by atoms with Gasteiger partial charge >= 0.3 is 0 Å². The van der Waals surface area contributed by atoms with Crippen LogP contribution in [-0.2, 0) is 14.3 Å². The molecule has 1 saturated carbocycles. The molecule has 3 rings (SSSR count). The molecule has 25 heavy (non-hydrogen) atoms. The fraction of sp³-hybridized carbons (Fsp3) is 0.556. The second-order valence-electron chi connectivity index (χ2n) is 6.52. The average molecular weight is 367 g/mol. The van der Waals surface area contributed by atoms with Crippen molar-refractivity contribution < 1.29 is 19.1 Å². The van der Waals surface area contributed by atoms with Gasteiger partial charge in [-0.2, -0.15) is 0 Å². The van der Waals surface area contributed by atoms with Gasteiger partial charge in [-0.15, -0.1) is 0 Å². The lowest BCUT2D eigenvalue weighted by Crippen LogP contribution is -2.49. The Morgan fingerprint density at radius 3 is 2.20 bits per heavy atom. The number of halogens is 1. The van der Waals surface area contributed by atoms with Gasteiger partial charge in [-0.1, -0.05) is 11.6 Å². The summed E-state index contributed by atoms with van der Waals surface area (Å²) >= 11 is 5.81. The van der Waals surface area contributed by atoms with Crippen LogP contribution in [-0.4, -0.2) is 43.2 Å². The van der Waals surface area contributed by atoms with Gasteiger partial charge in [0.25, 0.3) is 5.91 Å². The molecule has 7 heteroatoms. The summed E-state index contributed by atoms with van der Waals surface area (Å²) in [6.45, 7) is 0.659. The molecule has 1 aliphatic carbocycles. The maximum Gasteiger partial charge on any atom is 0.258 e. The molecule has 1 unspecified atom stereocenters. The molecule has 1 atom stereocenters. The first kappa shape index (κ1) is 18.0.